The highest BCUT2D eigenvalue weighted by Crippen LogP contribution is 2.22. The predicted octanol–water partition coefficient (Wildman–Crippen LogP) is 3.35. The van der Waals surface area contributed by atoms with Crippen molar-refractivity contribution in [1.82, 2.24) is 15.6 Å². The normalized spacial score (nSPS) is 11.6. The summed E-state index contributed by atoms with van der Waals surface area (Å²) in [4.78, 5) is 16.1. The first kappa shape index (κ1) is 17.1. The van der Waals surface area contributed by atoms with Crippen LogP contribution in [-0.4, -0.2) is 24.7 Å². The monoisotopic (exact) mass is 333 g/mol. The zero-order chi connectivity index (χ0) is 16.7. The van der Waals surface area contributed by atoms with Crippen molar-refractivity contribution in [3.63, 3.8) is 0 Å². The average Bonchev–Trinajstić information content (AvgIpc) is 2.56. The summed E-state index contributed by atoms with van der Waals surface area (Å²) in [6, 6.07) is 10.7. The van der Waals surface area contributed by atoms with Gasteiger partial charge in [-0.2, -0.15) is 0 Å². The Balaban J connectivity index is 1.82. The molecule has 0 unspecified atom stereocenters. The summed E-state index contributed by atoms with van der Waals surface area (Å²) in [5.41, 5.74) is 1.78. The van der Waals surface area contributed by atoms with Crippen molar-refractivity contribution in [3.8, 4) is 5.75 Å². The van der Waals surface area contributed by atoms with Crippen molar-refractivity contribution in [2.75, 3.05) is 13.7 Å². The number of aromatic nitrogens is 1. The molecule has 122 valence electrons. The van der Waals surface area contributed by atoms with Gasteiger partial charge in [-0.15, -0.1) is 0 Å². The molecule has 2 rings (SSSR count). The lowest BCUT2D eigenvalue weighted by Gasteiger charge is -2.14. The smallest absolute Gasteiger partial charge is 0.315 e. The second kappa shape index (κ2) is 8.39. The first-order chi connectivity index (χ1) is 11.1. The van der Waals surface area contributed by atoms with Gasteiger partial charge in [0.25, 0.3) is 0 Å². The third kappa shape index (κ3) is 5.14. The lowest BCUT2D eigenvalue weighted by Crippen LogP contribution is -2.38. The number of benzene rings is 1. The Hall–Kier alpha value is -2.27. The summed E-state index contributed by atoms with van der Waals surface area (Å²) < 4.78 is 5.29. The maximum atomic E-state index is 11.9. The minimum Gasteiger partial charge on any atom is -0.496 e. The minimum absolute atomic E-state index is 0.156. The lowest BCUT2D eigenvalue weighted by atomic mass is 10.1. The van der Waals surface area contributed by atoms with Gasteiger partial charge in [0.2, 0.25) is 0 Å². The number of carbonyl (C=O) groups excluding carboxylic acids is 1. The van der Waals surface area contributed by atoms with Crippen molar-refractivity contribution < 1.29 is 9.53 Å². The molecule has 1 aromatic heterocycles. The average molecular weight is 334 g/mol. The molecule has 5 nitrogen and oxygen atoms in total. The number of methoxy groups -OCH3 is 1. The van der Waals surface area contributed by atoms with Gasteiger partial charge in [-0.05, 0) is 49.2 Å². The minimum atomic E-state index is -0.232. The summed E-state index contributed by atoms with van der Waals surface area (Å²) >= 11 is 5.99. The fourth-order valence-corrected chi connectivity index (χ4v) is 2.40. The highest BCUT2D eigenvalue weighted by molar-refractivity contribution is 6.30. The first-order valence-corrected chi connectivity index (χ1v) is 7.75. The van der Waals surface area contributed by atoms with E-state index in [4.69, 9.17) is 16.3 Å². The highest BCUT2D eigenvalue weighted by atomic mass is 35.5. The number of amides is 2. The number of nitrogens with zero attached hydrogens (tertiary/aromatic N) is 1. The third-order valence-electron chi connectivity index (χ3n) is 3.40. The molecule has 0 bridgehead atoms. The summed E-state index contributed by atoms with van der Waals surface area (Å²) in [5.74, 6) is 0.762. The van der Waals surface area contributed by atoms with Crippen LogP contribution in [0.1, 0.15) is 24.2 Å². The molecule has 1 aromatic carbocycles. The number of pyridine rings is 1. The second-order valence-corrected chi connectivity index (χ2v) is 5.52. The SMILES string of the molecule is COc1ccc(Cl)cc1CCNC(=O)N[C@H](C)c1ccccn1. The van der Waals surface area contributed by atoms with Crippen molar-refractivity contribution >= 4 is 17.6 Å². The van der Waals surface area contributed by atoms with Crippen LogP contribution in [0.15, 0.2) is 42.6 Å². The maximum absolute atomic E-state index is 11.9. The molecule has 0 aliphatic heterocycles. The molecule has 0 aliphatic carbocycles. The van der Waals surface area contributed by atoms with E-state index in [1.165, 1.54) is 0 Å². The van der Waals surface area contributed by atoms with E-state index in [1.54, 1.807) is 19.4 Å². The molecule has 0 spiro atoms. The Labute approximate surface area is 141 Å². The molecule has 0 saturated carbocycles. The summed E-state index contributed by atoms with van der Waals surface area (Å²) in [7, 11) is 1.61. The Morgan fingerprint density at radius 2 is 2.17 bits per heavy atom. The van der Waals surface area contributed by atoms with E-state index in [9.17, 15) is 4.79 Å². The van der Waals surface area contributed by atoms with Gasteiger partial charge in [-0.25, -0.2) is 4.79 Å². The molecule has 23 heavy (non-hydrogen) atoms. The number of ether oxygens (including phenoxy) is 1. The molecule has 2 N–H and O–H groups in total. The molecule has 0 radical (unpaired) electrons. The molecular formula is C17H20ClN3O2. The van der Waals surface area contributed by atoms with Crippen LogP contribution in [0.5, 0.6) is 5.75 Å². The Bertz CT molecular complexity index is 650. The van der Waals surface area contributed by atoms with Crippen molar-refractivity contribution in [3.05, 3.63) is 58.9 Å². The van der Waals surface area contributed by atoms with E-state index in [0.29, 0.717) is 18.0 Å². The zero-order valence-electron chi connectivity index (χ0n) is 13.2. The molecule has 2 aromatic rings. The number of hydrogen-bond acceptors (Lipinski definition) is 3. The number of carbonyl (C=O) groups is 1. The Morgan fingerprint density at radius 1 is 1.35 bits per heavy atom. The largest absolute Gasteiger partial charge is 0.496 e. The number of rotatable bonds is 6. The lowest BCUT2D eigenvalue weighted by molar-refractivity contribution is 0.238. The second-order valence-electron chi connectivity index (χ2n) is 5.08. The Morgan fingerprint density at radius 3 is 2.87 bits per heavy atom. The third-order valence-corrected chi connectivity index (χ3v) is 3.64. The van der Waals surface area contributed by atoms with Crippen LogP contribution in [0, 0.1) is 0 Å². The summed E-state index contributed by atoms with van der Waals surface area (Å²) in [5, 5.41) is 6.33. The van der Waals surface area contributed by atoms with Gasteiger partial charge in [-0.3, -0.25) is 4.98 Å². The van der Waals surface area contributed by atoms with Crippen LogP contribution >= 0.6 is 11.6 Å². The molecule has 2 amide bonds. The number of urea groups is 1. The quantitative estimate of drug-likeness (QED) is 0.852. The van der Waals surface area contributed by atoms with E-state index < -0.39 is 0 Å². The van der Waals surface area contributed by atoms with Crippen LogP contribution < -0.4 is 15.4 Å². The number of hydrogen-bond donors (Lipinski definition) is 2. The molecule has 0 saturated heterocycles. The van der Waals surface area contributed by atoms with Gasteiger partial charge >= 0.3 is 6.03 Å². The standard InChI is InChI=1S/C17H20ClN3O2/c1-12(15-5-3-4-9-19-15)21-17(22)20-10-8-13-11-14(18)6-7-16(13)23-2/h3-7,9,11-12H,8,10H2,1-2H3,(H2,20,21,22)/t12-/m1/s1. The van der Waals surface area contributed by atoms with Crippen molar-refractivity contribution in [1.29, 1.82) is 0 Å². The van der Waals surface area contributed by atoms with Gasteiger partial charge in [0.1, 0.15) is 5.75 Å². The Kier molecular flexibility index (Phi) is 6.23. The van der Waals surface area contributed by atoms with E-state index in [2.05, 4.69) is 15.6 Å². The fraction of sp³-hybridized carbons (Fsp3) is 0.294. The topological polar surface area (TPSA) is 63.2 Å². The first-order valence-electron chi connectivity index (χ1n) is 7.38. The van der Waals surface area contributed by atoms with Gasteiger partial charge in [0.15, 0.2) is 0 Å². The van der Waals surface area contributed by atoms with Crippen LogP contribution in [0.3, 0.4) is 0 Å². The molecule has 0 fully saturated rings. The van der Waals surface area contributed by atoms with Crippen LogP contribution in [-0.2, 0) is 6.42 Å². The molecule has 6 heteroatoms. The molecule has 1 atom stereocenters. The molecule has 0 aliphatic rings. The number of nitrogens with one attached hydrogen (secondary N) is 2. The van der Waals surface area contributed by atoms with Gasteiger partial charge in [-0.1, -0.05) is 17.7 Å². The van der Waals surface area contributed by atoms with Crippen LogP contribution in [0.25, 0.3) is 0 Å². The summed E-state index contributed by atoms with van der Waals surface area (Å²) in [6.45, 7) is 2.37. The van der Waals surface area contributed by atoms with E-state index in [0.717, 1.165) is 17.0 Å². The van der Waals surface area contributed by atoms with Gasteiger partial charge in [0, 0.05) is 17.8 Å². The van der Waals surface area contributed by atoms with Gasteiger partial charge in [0.05, 0.1) is 18.8 Å². The van der Waals surface area contributed by atoms with Crippen molar-refractivity contribution in [2.24, 2.45) is 0 Å². The van der Waals surface area contributed by atoms with E-state index in [1.807, 2.05) is 37.3 Å². The summed E-state index contributed by atoms with van der Waals surface area (Å²) in [6.07, 6.45) is 2.34. The van der Waals surface area contributed by atoms with Gasteiger partial charge < -0.3 is 15.4 Å². The fourth-order valence-electron chi connectivity index (χ4n) is 2.21. The van der Waals surface area contributed by atoms with E-state index >= 15 is 0 Å². The molecule has 1 heterocycles. The van der Waals surface area contributed by atoms with Crippen LogP contribution in [0.2, 0.25) is 5.02 Å². The van der Waals surface area contributed by atoms with E-state index in [-0.39, 0.29) is 12.1 Å². The zero-order valence-corrected chi connectivity index (χ0v) is 13.9. The predicted molar refractivity (Wildman–Crippen MR) is 90.9 cm³/mol. The van der Waals surface area contributed by atoms with Crippen LogP contribution in [0.4, 0.5) is 4.79 Å². The van der Waals surface area contributed by atoms with Crippen molar-refractivity contribution in [2.45, 2.75) is 19.4 Å². The number of halogens is 1. The molecular weight excluding hydrogens is 314 g/mol. The maximum Gasteiger partial charge on any atom is 0.315 e. The highest BCUT2D eigenvalue weighted by Gasteiger charge is 2.10.